The summed E-state index contributed by atoms with van der Waals surface area (Å²) in [5.41, 5.74) is 2.93. The van der Waals surface area contributed by atoms with Gasteiger partial charge in [0.1, 0.15) is 22.4 Å². The van der Waals surface area contributed by atoms with Crippen molar-refractivity contribution < 1.29 is 13.2 Å². The zero-order valence-electron chi connectivity index (χ0n) is 16.5. The van der Waals surface area contributed by atoms with Crippen molar-refractivity contribution in [2.75, 3.05) is 10.0 Å². The monoisotopic (exact) mass is 453 g/mol. The molecule has 0 aliphatic carbocycles. The van der Waals surface area contributed by atoms with E-state index in [0.29, 0.717) is 17.9 Å². The number of carbonyl (C=O) groups excluding carboxylic acids is 1. The molecule has 0 radical (unpaired) electrons. The van der Waals surface area contributed by atoms with Crippen LogP contribution in [0.15, 0.2) is 77.5 Å². The van der Waals surface area contributed by atoms with Crippen molar-refractivity contribution in [3.8, 4) is 0 Å². The molecule has 0 saturated heterocycles. The van der Waals surface area contributed by atoms with Gasteiger partial charge in [0.25, 0.3) is 15.9 Å². The van der Waals surface area contributed by atoms with Crippen LogP contribution in [0.25, 0.3) is 0 Å². The zero-order valence-corrected chi connectivity index (χ0v) is 18.2. The molecule has 2 aromatic heterocycles. The smallest absolute Gasteiger partial charge is 0.267 e. The van der Waals surface area contributed by atoms with Crippen LogP contribution in [0.2, 0.25) is 0 Å². The molecule has 0 aliphatic heterocycles. The van der Waals surface area contributed by atoms with Gasteiger partial charge in [0.2, 0.25) is 0 Å². The van der Waals surface area contributed by atoms with Crippen LogP contribution in [0.4, 0.5) is 11.4 Å². The van der Waals surface area contributed by atoms with E-state index < -0.39 is 15.9 Å². The maximum absolute atomic E-state index is 12.9. The summed E-state index contributed by atoms with van der Waals surface area (Å²) >= 11 is 1.07. The second-order valence-corrected chi connectivity index (χ2v) is 9.40. The number of amides is 1. The van der Waals surface area contributed by atoms with Gasteiger partial charge in [0.05, 0.1) is 6.54 Å². The highest BCUT2D eigenvalue weighted by Gasteiger charge is 2.24. The lowest BCUT2D eigenvalue weighted by molar-refractivity contribution is 0.102. The molecule has 8 nitrogen and oxygen atoms in total. The number of sulfonamides is 1. The molecule has 4 aromatic rings. The fourth-order valence-corrected chi connectivity index (χ4v) is 5.33. The molecule has 0 unspecified atom stereocenters. The third kappa shape index (κ3) is 4.98. The summed E-state index contributed by atoms with van der Waals surface area (Å²) in [6.07, 6.45) is 3.06. The minimum atomic E-state index is -3.91. The number of nitrogens with one attached hydrogen (secondary N) is 2. The van der Waals surface area contributed by atoms with Gasteiger partial charge in [-0.25, -0.2) is 18.1 Å². The standard InChI is InChI=1S/C21H19N5O3S2/c1-15-5-7-17(8-6-15)25-31(28,29)19-9-10-30-20(19)21(27)24-18-4-2-3-16(11-18)12-26-14-22-13-23-26/h2-11,13-14,25H,12H2,1H3,(H,24,27). The molecule has 0 bridgehead atoms. The molecule has 0 spiro atoms. The first-order valence-electron chi connectivity index (χ1n) is 9.30. The molecule has 2 N–H and O–H groups in total. The predicted octanol–water partition coefficient (Wildman–Crippen LogP) is 3.75. The quantitative estimate of drug-likeness (QED) is 0.443. The third-order valence-electron chi connectivity index (χ3n) is 4.42. The minimum Gasteiger partial charge on any atom is -0.321 e. The first-order valence-corrected chi connectivity index (χ1v) is 11.7. The van der Waals surface area contributed by atoms with Crippen molar-refractivity contribution in [1.29, 1.82) is 0 Å². The molecule has 2 aromatic carbocycles. The molecular weight excluding hydrogens is 434 g/mol. The number of thiophene rings is 1. The van der Waals surface area contributed by atoms with Crippen LogP contribution >= 0.6 is 11.3 Å². The Morgan fingerprint density at radius 3 is 2.65 bits per heavy atom. The Kier molecular flexibility index (Phi) is 5.83. The maximum atomic E-state index is 12.9. The maximum Gasteiger partial charge on any atom is 0.267 e. The second-order valence-electron chi connectivity index (χ2n) is 6.83. The Hall–Kier alpha value is -3.50. The van der Waals surface area contributed by atoms with E-state index in [4.69, 9.17) is 0 Å². The molecule has 158 valence electrons. The first kappa shape index (κ1) is 20.8. The molecule has 1 amide bonds. The van der Waals surface area contributed by atoms with Crippen LogP contribution in [0.1, 0.15) is 20.8 Å². The van der Waals surface area contributed by atoms with Crippen LogP contribution in [0.3, 0.4) is 0 Å². The Morgan fingerprint density at radius 1 is 1.10 bits per heavy atom. The topological polar surface area (TPSA) is 106 Å². The fraction of sp³-hybridized carbons (Fsp3) is 0.0952. The van der Waals surface area contributed by atoms with Crippen LogP contribution < -0.4 is 10.0 Å². The van der Waals surface area contributed by atoms with Crippen LogP contribution in [0.5, 0.6) is 0 Å². The van der Waals surface area contributed by atoms with E-state index >= 15 is 0 Å². The van der Waals surface area contributed by atoms with E-state index in [1.807, 2.05) is 37.3 Å². The summed E-state index contributed by atoms with van der Waals surface area (Å²) in [6, 6.07) is 15.7. The number of hydrogen-bond donors (Lipinski definition) is 2. The third-order valence-corrected chi connectivity index (χ3v) is 6.89. The van der Waals surface area contributed by atoms with E-state index in [2.05, 4.69) is 20.1 Å². The van der Waals surface area contributed by atoms with Gasteiger partial charge in [-0.1, -0.05) is 29.8 Å². The highest BCUT2D eigenvalue weighted by atomic mass is 32.2. The number of nitrogens with zero attached hydrogens (tertiary/aromatic N) is 3. The minimum absolute atomic E-state index is 0.0608. The van der Waals surface area contributed by atoms with E-state index in [1.165, 1.54) is 12.4 Å². The van der Waals surface area contributed by atoms with Crippen molar-refractivity contribution in [3.05, 3.63) is 88.6 Å². The van der Waals surface area contributed by atoms with Crippen LogP contribution in [0, 0.1) is 6.92 Å². The number of benzene rings is 2. The molecule has 2 heterocycles. The van der Waals surface area contributed by atoms with Gasteiger partial charge in [-0.05, 0) is 48.2 Å². The Bertz CT molecular complexity index is 1300. The average Bonchev–Trinajstić information content (AvgIpc) is 3.42. The lowest BCUT2D eigenvalue weighted by atomic mass is 10.2. The Morgan fingerprint density at radius 2 is 1.90 bits per heavy atom. The first-order chi connectivity index (χ1) is 14.9. The van der Waals surface area contributed by atoms with E-state index in [0.717, 1.165) is 22.5 Å². The molecular formula is C21H19N5O3S2. The Balaban J connectivity index is 1.51. The summed E-state index contributed by atoms with van der Waals surface area (Å²) < 4.78 is 29.9. The highest BCUT2D eigenvalue weighted by Crippen LogP contribution is 2.26. The fourth-order valence-electron chi connectivity index (χ4n) is 2.94. The molecule has 0 aliphatic rings. The lowest BCUT2D eigenvalue weighted by Crippen LogP contribution is -2.18. The highest BCUT2D eigenvalue weighted by molar-refractivity contribution is 7.93. The average molecular weight is 454 g/mol. The van der Waals surface area contributed by atoms with Crippen molar-refractivity contribution >= 4 is 38.6 Å². The largest absolute Gasteiger partial charge is 0.321 e. The SMILES string of the molecule is Cc1ccc(NS(=O)(=O)c2ccsc2C(=O)Nc2cccc(Cn3cncn3)c2)cc1. The number of anilines is 2. The number of rotatable bonds is 7. The summed E-state index contributed by atoms with van der Waals surface area (Å²) in [4.78, 5) is 16.8. The molecule has 10 heteroatoms. The van der Waals surface area contributed by atoms with E-state index in [-0.39, 0.29) is 9.77 Å². The number of hydrogen-bond acceptors (Lipinski definition) is 6. The van der Waals surface area contributed by atoms with Crippen molar-refractivity contribution in [2.45, 2.75) is 18.4 Å². The van der Waals surface area contributed by atoms with Gasteiger partial charge in [0.15, 0.2) is 0 Å². The van der Waals surface area contributed by atoms with Gasteiger partial charge < -0.3 is 5.32 Å². The predicted molar refractivity (Wildman–Crippen MR) is 120 cm³/mol. The number of carbonyl (C=O) groups is 1. The van der Waals surface area contributed by atoms with E-state index in [1.54, 1.807) is 34.6 Å². The number of aromatic nitrogens is 3. The van der Waals surface area contributed by atoms with Gasteiger partial charge in [-0.15, -0.1) is 11.3 Å². The van der Waals surface area contributed by atoms with Gasteiger partial charge in [0, 0.05) is 11.4 Å². The lowest BCUT2D eigenvalue weighted by Gasteiger charge is -2.10. The van der Waals surface area contributed by atoms with Crippen LogP contribution in [-0.4, -0.2) is 29.1 Å². The van der Waals surface area contributed by atoms with Crippen molar-refractivity contribution in [2.24, 2.45) is 0 Å². The van der Waals surface area contributed by atoms with Gasteiger partial charge >= 0.3 is 0 Å². The molecule has 0 fully saturated rings. The summed E-state index contributed by atoms with van der Waals surface area (Å²) in [5.74, 6) is -0.489. The summed E-state index contributed by atoms with van der Waals surface area (Å²) in [7, 11) is -3.91. The van der Waals surface area contributed by atoms with Crippen molar-refractivity contribution in [1.82, 2.24) is 14.8 Å². The van der Waals surface area contributed by atoms with E-state index in [9.17, 15) is 13.2 Å². The molecule has 4 rings (SSSR count). The van der Waals surface area contributed by atoms with Crippen LogP contribution in [-0.2, 0) is 16.6 Å². The zero-order chi connectivity index (χ0) is 21.8. The molecule has 31 heavy (non-hydrogen) atoms. The van der Waals surface area contributed by atoms with Gasteiger partial charge in [-0.3, -0.25) is 9.52 Å². The second kappa shape index (κ2) is 8.70. The Labute approximate surface area is 183 Å². The summed E-state index contributed by atoms with van der Waals surface area (Å²) in [6.45, 7) is 2.42. The van der Waals surface area contributed by atoms with Crippen molar-refractivity contribution in [3.63, 3.8) is 0 Å². The molecule has 0 saturated carbocycles. The normalized spacial score (nSPS) is 11.3. The van der Waals surface area contributed by atoms with Gasteiger partial charge in [-0.2, -0.15) is 5.10 Å². The number of aryl methyl sites for hydroxylation is 1. The molecule has 0 atom stereocenters. The summed E-state index contributed by atoms with van der Waals surface area (Å²) in [5, 5.41) is 8.43.